The molecule has 0 bridgehead atoms. The molecule has 1 amide bonds. The van der Waals surface area contributed by atoms with Crippen LogP contribution in [-0.2, 0) is 11.2 Å². The maximum atomic E-state index is 11.8. The van der Waals surface area contributed by atoms with Crippen molar-refractivity contribution in [3.05, 3.63) is 45.7 Å². The van der Waals surface area contributed by atoms with Gasteiger partial charge < -0.3 is 5.32 Å². The lowest BCUT2D eigenvalue weighted by Gasteiger charge is -2.07. The van der Waals surface area contributed by atoms with Crippen LogP contribution in [0.25, 0.3) is 16.5 Å². The van der Waals surface area contributed by atoms with Gasteiger partial charge in [0.15, 0.2) is 0 Å². The Morgan fingerprint density at radius 1 is 1.46 bits per heavy atom. The van der Waals surface area contributed by atoms with E-state index in [4.69, 9.17) is 11.6 Å². The first kappa shape index (κ1) is 16.4. The molecular formula is C15H14ClN5O2S. The topological polar surface area (TPSA) is 92.7 Å². The Morgan fingerprint density at radius 3 is 2.96 bits per heavy atom. The summed E-state index contributed by atoms with van der Waals surface area (Å²) < 4.78 is 1.40. The summed E-state index contributed by atoms with van der Waals surface area (Å²) in [5.74, 6) is 0.0791. The lowest BCUT2D eigenvalue weighted by atomic mass is 10.3. The monoisotopic (exact) mass is 363 g/mol. The third-order valence-electron chi connectivity index (χ3n) is 3.22. The van der Waals surface area contributed by atoms with Gasteiger partial charge in [-0.25, -0.2) is 4.98 Å². The Balaban J connectivity index is 2.12. The van der Waals surface area contributed by atoms with Crippen LogP contribution in [-0.4, -0.2) is 31.5 Å². The van der Waals surface area contributed by atoms with Crippen LogP contribution in [0.4, 0.5) is 5.82 Å². The van der Waals surface area contributed by atoms with E-state index in [-0.39, 0.29) is 23.3 Å². The molecule has 0 saturated carbocycles. The molecule has 0 atom stereocenters. The van der Waals surface area contributed by atoms with Crippen molar-refractivity contribution < 1.29 is 4.79 Å². The zero-order valence-corrected chi connectivity index (χ0v) is 14.3. The molecular weight excluding hydrogens is 350 g/mol. The Bertz CT molecular complexity index is 916. The SMILES string of the molecule is CCc1cc(=O)[nH]c(-n2nc(-c3cccs3)cc2NC(=O)CCl)n1. The van der Waals surface area contributed by atoms with Gasteiger partial charge in [-0.15, -0.1) is 22.9 Å². The number of alkyl halides is 1. The highest BCUT2D eigenvalue weighted by atomic mass is 35.5. The minimum atomic E-state index is -0.371. The van der Waals surface area contributed by atoms with Gasteiger partial charge in [0.1, 0.15) is 17.4 Å². The lowest BCUT2D eigenvalue weighted by molar-refractivity contribution is -0.114. The van der Waals surface area contributed by atoms with E-state index in [0.29, 0.717) is 23.6 Å². The molecule has 0 aromatic carbocycles. The standard InChI is InChI=1S/C15H14ClN5O2S/c1-2-9-6-13(22)19-15(17-9)21-12(18-14(23)8-16)7-10(20-21)11-4-3-5-24-11/h3-7H,2,8H2,1H3,(H,18,23)(H,17,19,22). The summed E-state index contributed by atoms with van der Waals surface area (Å²) >= 11 is 7.09. The van der Waals surface area contributed by atoms with Crippen molar-refractivity contribution in [1.29, 1.82) is 0 Å². The zero-order chi connectivity index (χ0) is 17.1. The second-order valence-corrected chi connectivity index (χ2v) is 6.11. The average Bonchev–Trinajstić information content (AvgIpc) is 3.23. The van der Waals surface area contributed by atoms with Crippen LogP contribution in [0.1, 0.15) is 12.6 Å². The van der Waals surface area contributed by atoms with Crippen LogP contribution < -0.4 is 10.9 Å². The van der Waals surface area contributed by atoms with Gasteiger partial charge in [0, 0.05) is 17.8 Å². The fraction of sp³-hybridized carbons (Fsp3) is 0.200. The van der Waals surface area contributed by atoms with E-state index in [0.717, 1.165) is 4.88 Å². The van der Waals surface area contributed by atoms with Gasteiger partial charge in [-0.3, -0.25) is 14.6 Å². The zero-order valence-electron chi connectivity index (χ0n) is 12.7. The molecule has 2 N–H and O–H groups in total. The minimum absolute atomic E-state index is 0.182. The summed E-state index contributed by atoms with van der Waals surface area (Å²) in [5, 5.41) is 9.07. The van der Waals surface area contributed by atoms with E-state index < -0.39 is 0 Å². The summed E-state index contributed by atoms with van der Waals surface area (Å²) in [7, 11) is 0. The number of aromatic nitrogens is 4. The van der Waals surface area contributed by atoms with E-state index in [2.05, 4.69) is 20.4 Å². The number of halogens is 1. The first-order chi connectivity index (χ1) is 11.6. The van der Waals surface area contributed by atoms with Crippen LogP contribution in [0, 0.1) is 0 Å². The molecule has 0 fully saturated rings. The van der Waals surface area contributed by atoms with Crippen molar-refractivity contribution in [2.45, 2.75) is 13.3 Å². The molecule has 0 radical (unpaired) electrons. The number of carbonyl (C=O) groups is 1. The van der Waals surface area contributed by atoms with Crippen LogP contribution >= 0.6 is 22.9 Å². The molecule has 0 unspecified atom stereocenters. The number of aromatic amines is 1. The summed E-state index contributed by atoms with van der Waals surface area (Å²) in [6.07, 6.45) is 0.610. The number of anilines is 1. The smallest absolute Gasteiger partial charge is 0.252 e. The number of thiophene rings is 1. The van der Waals surface area contributed by atoms with Crippen LogP contribution in [0.5, 0.6) is 0 Å². The average molecular weight is 364 g/mol. The largest absolute Gasteiger partial charge is 0.309 e. The molecule has 7 nitrogen and oxygen atoms in total. The highest BCUT2D eigenvalue weighted by Gasteiger charge is 2.16. The third-order valence-corrected chi connectivity index (χ3v) is 4.35. The molecule has 124 valence electrons. The fourth-order valence-electron chi connectivity index (χ4n) is 2.13. The molecule has 0 spiro atoms. The normalized spacial score (nSPS) is 10.8. The molecule has 3 rings (SSSR count). The van der Waals surface area contributed by atoms with Crippen molar-refractivity contribution in [1.82, 2.24) is 19.7 Å². The number of H-pyrrole nitrogens is 1. The molecule has 0 aliphatic rings. The fourth-order valence-corrected chi connectivity index (χ4v) is 2.88. The van der Waals surface area contributed by atoms with Gasteiger partial charge in [0.05, 0.1) is 4.88 Å². The second-order valence-electron chi connectivity index (χ2n) is 4.90. The molecule has 0 aliphatic carbocycles. The number of hydrogen-bond donors (Lipinski definition) is 2. The Kier molecular flexibility index (Phi) is 4.77. The molecule has 0 saturated heterocycles. The van der Waals surface area contributed by atoms with Gasteiger partial charge in [0.2, 0.25) is 11.9 Å². The number of carbonyl (C=O) groups excluding carboxylic acids is 1. The van der Waals surface area contributed by atoms with Crippen LogP contribution in [0.15, 0.2) is 34.4 Å². The predicted octanol–water partition coefficient (Wildman–Crippen LogP) is 2.42. The summed E-state index contributed by atoms with van der Waals surface area (Å²) in [6, 6.07) is 6.98. The van der Waals surface area contributed by atoms with Gasteiger partial charge in [-0.1, -0.05) is 13.0 Å². The number of aryl methyl sites for hydroxylation is 1. The van der Waals surface area contributed by atoms with E-state index >= 15 is 0 Å². The van der Waals surface area contributed by atoms with Gasteiger partial charge in [-0.2, -0.15) is 9.78 Å². The van der Waals surface area contributed by atoms with Gasteiger partial charge in [0.25, 0.3) is 5.56 Å². The maximum absolute atomic E-state index is 11.8. The summed E-state index contributed by atoms with van der Waals surface area (Å²) in [5.41, 5.74) is 1.02. The van der Waals surface area contributed by atoms with E-state index in [1.807, 2.05) is 24.4 Å². The first-order valence-corrected chi connectivity index (χ1v) is 8.62. The maximum Gasteiger partial charge on any atom is 0.252 e. The molecule has 0 aliphatic heterocycles. The lowest BCUT2D eigenvalue weighted by Crippen LogP contribution is -2.19. The van der Waals surface area contributed by atoms with Gasteiger partial charge in [-0.05, 0) is 17.9 Å². The van der Waals surface area contributed by atoms with Crippen molar-refractivity contribution in [2.75, 3.05) is 11.2 Å². The van der Waals surface area contributed by atoms with Gasteiger partial charge >= 0.3 is 0 Å². The molecule has 3 heterocycles. The molecule has 3 aromatic heterocycles. The van der Waals surface area contributed by atoms with Crippen molar-refractivity contribution in [2.24, 2.45) is 0 Å². The number of nitrogens with zero attached hydrogens (tertiary/aromatic N) is 3. The van der Waals surface area contributed by atoms with E-state index in [1.54, 1.807) is 6.07 Å². The van der Waals surface area contributed by atoms with Crippen molar-refractivity contribution in [3.63, 3.8) is 0 Å². The predicted molar refractivity (Wildman–Crippen MR) is 94.0 cm³/mol. The molecule has 9 heteroatoms. The summed E-state index contributed by atoms with van der Waals surface area (Å²) in [4.78, 5) is 31.5. The first-order valence-electron chi connectivity index (χ1n) is 7.21. The van der Waals surface area contributed by atoms with Crippen LogP contribution in [0.2, 0.25) is 0 Å². The highest BCUT2D eigenvalue weighted by Crippen LogP contribution is 2.27. The molecule has 3 aromatic rings. The van der Waals surface area contributed by atoms with Crippen LogP contribution in [0.3, 0.4) is 0 Å². The second kappa shape index (κ2) is 6.98. The Labute approximate surface area is 146 Å². The third kappa shape index (κ3) is 3.39. The number of rotatable bonds is 5. The Morgan fingerprint density at radius 2 is 2.29 bits per heavy atom. The number of nitrogens with one attached hydrogen (secondary N) is 2. The number of hydrogen-bond acceptors (Lipinski definition) is 5. The Hall–Kier alpha value is -2.45. The minimum Gasteiger partial charge on any atom is -0.309 e. The quantitative estimate of drug-likeness (QED) is 0.681. The number of amides is 1. The van der Waals surface area contributed by atoms with E-state index in [9.17, 15) is 9.59 Å². The van der Waals surface area contributed by atoms with E-state index in [1.165, 1.54) is 22.1 Å². The highest BCUT2D eigenvalue weighted by molar-refractivity contribution is 7.13. The van der Waals surface area contributed by atoms with Crippen molar-refractivity contribution >= 4 is 34.7 Å². The molecule has 24 heavy (non-hydrogen) atoms. The summed E-state index contributed by atoms with van der Waals surface area (Å²) in [6.45, 7) is 1.90. The van der Waals surface area contributed by atoms with Crippen molar-refractivity contribution in [3.8, 4) is 16.5 Å².